The fraction of sp³-hybridized carbons (Fsp3) is 0.667. The third-order valence-corrected chi connectivity index (χ3v) is 5.40. The number of hydrogen-bond acceptors (Lipinski definition) is 4. The molecule has 0 spiro atoms. The molecule has 2 aliphatic rings. The first-order chi connectivity index (χ1) is 12.8. The second kappa shape index (κ2) is 8.70. The number of likely N-dealkylation sites (tertiary alicyclic amines) is 1. The van der Waals surface area contributed by atoms with Crippen molar-refractivity contribution < 1.29 is 14.3 Å². The Morgan fingerprint density at radius 1 is 1.19 bits per heavy atom. The second-order valence-corrected chi connectivity index (χ2v) is 9.15. The van der Waals surface area contributed by atoms with E-state index in [1.165, 1.54) is 12.8 Å². The van der Waals surface area contributed by atoms with Crippen LogP contribution in [-0.4, -0.2) is 48.4 Å². The lowest BCUT2D eigenvalue weighted by Crippen LogP contribution is -2.57. The van der Waals surface area contributed by atoms with Gasteiger partial charge in [0.25, 0.3) is 0 Å². The summed E-state index contributed by atoms with van der Waals surface area (Å²) in [4.78, 5) is 14.6. The Hall–Kier alpha value is -1.46. The van der Waals surface area contributed by atoms with Crippen LogP contribution in [0.4, 0.5) is 4.79 Å². The van der Waals surface area contributed by atoms with Crippen molar-refractivity contribution in [1.82, 2.24) is 10.2 Å². The van der Waals surface area contributed by atoms with E-state index in [4.69, 9.17) is 21.1 Å². The van der Waals surface area contributed by atoms with Crippen LogP contribution < -0.4 is 10.1 Å². The summed E-state index contributed by atoms with van der Waals surface area (Å²) in [5, 5.41) is 3.82. The number of amides is 1. The van der Waals surface area contributed by atoms with Crippen LogP contribution >= 0.6 is 11.6 Å². The second-order valence-electron chi connectivity index (χ2n) is 8.71. The van der Waals surface area contributed by atoms with Gasteiger partial charge >= 0.3 is 6.09 Å². The molecule has 1 amide bonds. The van der Waals surface area contributed by atoms with Crippen LogP contribution in [0, 0.1) is 5.92 Å². The van der Waals surface area contributed by atoms with Gasteiger partial charge in [-0.1, -0.05) is 24.4 Å². The molecule has 1 aliphatic carbocycles. The van der Waals surface area contributed by atoms with Crippen LogP contribution in [0.2, 0.25) is 5.02 Å². The van der Waals surface area contributed by atoms with Crippen molar-refractivity contribution in [2.45, 2.75) is 64.2 Å². The molecule has 1 saturated heterocycles. The molecule has 2 fully saturated rings. The molecule has 1 heterocycles. The van der Waals surface area contributed by atoms with Crippen LogP contribution in [0.5, 0.6) is 5.75 Å². The number of rotatable bonds is 5. The van der Waals surface area contributed by atoms with Crippen molar-refractivity contribution in [3.8, 4) is 5.75 Å². The third-order valence-electron chi connectivity index (χ3n) is 5.14. The van der Waals surface area contributed by atoms with E-state index in [-0.39, 0.29) is 18.2 Å². The first-order valence-corrected chi connectivity index (χ1v) is 10.3. The highest BCUT2D eigenvalue weighted by molar-refractivity contribution is 6.30. The molecule has 6 heteroatoms. The number of carbonyl (C=O) groups is 1. The Balaban J connectivity index is 1.43. The quantitative estimate of drug-likeness (QED) is 0.799. The molecule has 150 valence electrons. The maximum absolute atomic E-state index is 12.1. The molecular weight excluding hydrogens is 364 g/mol. The van der Waals surface area contributed by atoms with Crippen molar-refractivity contribution in [3.63, 3.8) is 0 Å². The Bertz CT molecular complexity index is 623. The van der Waals surface area contributed by atoms with E-state index in [2.05, 4.69) is 10.2 Å². The zero-order valence-electron chi connectivity index (χ0n) is 16.5. The van der Waals surface area contributed by atoms with Crippen LogP contribution in [-0.2, 0) is 4.74 Å². The average Bonchev–Trinajstić information content (AvgIpc) is 2.54. The van der Waals surface area contributed by atoms with Gasteiger partial charge in [0.2, 0.25) is 0 Å². The molecular formula is C21H31ClN2O3. The molecule has 2 atom stereocenters. The first kappa shape index (κ1) is 20.3. The van der Waals surface area contributed by atoms with Gasteiger partial charge in [0, 0.05) is 30.7 Å². The summed E-state index contributed by atoms with van der Waals surface area (Å²) in [5.41, 5.74) is -0.460. The van der Waals surface area contributed by atoms with Crippen molar-refractivity contribution in [2.75, 3.05) is 19.6 Å². The van der Waals surface area contributed by atoms with Crippen LogP contribution in [0.3, 0.4) is 0 Å². The van der Waals surface area contributed by atoms with E-state index in [9.17, 15) is 4.79 Å². The van der Waals surface area contributed by atoms with Gasteiger partial charge in [-0.3, -0.25) is 4.90 Å². The molecule has 0 unspecified atom stereocenters. The first-order valence-electron chi connectivity index (χ1n) is 9.92. The van der Waals surface area contributed by atoms with Gasteiger partial charge in [-0.05, 0) is 63.8 Å². The number of ether oxygens (including phenoxy) is 2. The number of alkyl carbamates (subject to hydrolysis) is 1. The van der Waals surface area contributed by atoms with Gasteiger partial charge in [-0.25, -0.2) is 4.79 Å². The monoisotopic (exact) mass is 394 g/mol. The molecule has 1 N–H and O–H groups in total. The van der Waals surface area contributed by atoms with Gasteiger partial charge in [-0.2, -0.15) is 0 Å². The summed E-state index contributed by atoms with van der Waals surface area (Å²) in [6.45, 7) is 8.54. The van der Waals surface area contributed by atoms with Crippen molar-refractivity contribution >= 4 is 17.7 Å². The SMILES string of the molecule is CC(C)(C)OC(=O)N[C@@H]1CCCC[C@@H]1CN1CC(Oc2ccc(Cl)cc2)C1. The summed E-state index contributed by atoms with van der Waals surface area (Å²) in [7, 11) is 0. The van der Waals surface area contributed by atoms with Gasteiger partial charge in [0.1, 0.15) is 17.5 Å². The largest absolute Gasteiger partial charge is 0.488 e. The molecule has 27 heavy (non-hydrogen) atoms. The Morgan fingerprint density at radius 2 is 1.85 bits per heavy atom. The van der Waals surface area contributed by atoms with Crippen molar-refractivity contribution in [2.24, 2.45) is 5.92 Å². The normalized spacial score (nSPS) is 24.1. The van der Waals surface area contributed by atoms with Crippen molar-refractivity contribution in [3.05, 3.63) is 29.3 Å². The lowest BCUT2D eigenvalue weighted by molar-refractivity contribution is 0.000689. The molecule has 0 bridgehead atoms. The lowest BCUT2D eigenvalue weighted by Gasteiger charge is -2.43. The van der Waals surface area contributed by atoms with Gasteiger partial charge in [-0.15, -0.1) is 0 Å². The zero-order valence-corrected chi connectivity index (χ0v) is 17.3. The highest BCUT2D eigenvalue weighted by atomic mass is 35.5. The number of nitrogens with zero attached hydrogens (tertiary/aromatic N) is 1. The molecule has 1 saturated carbocycles. The van der Waals surface area contributed by atoms with E-state index in [1.807, 2.05) is 45.0 Å². The van der Waals surface area contributed by atoms with Crippen LogP contribution in [0.15, 0.2) is 24.3 Å². The number of hydrogen-bond donors (Lipinski definition) is 1. The predicted molar refractivity (Wildman–Crippen MR) is 107 cm³/mol. The fourth-order valence-corrected chi connectivity index (χ4v) is 3.98. The van der Waals surface area contributed by atoms with E-state index < -0.39 is 5.60 Å². The maximum Gasteiger partial charge on any atom is 0.407 e. The van der Waals surface area contributed by atoms with E-state index in [0.717, 1.165) is 43.2 Å². The summed E-state index contributed by atoms with van der Waals surface area (Å²) >= 11 is 5.91. The van der Waals surface area contributed by atoms with Crippen molar-refractivity contribution in [1.29, 1.82) is 0 Å². The number of nitrogens with one attached hydrogen (secondary N) is 1. The minimum absolute atomic E-state index is 0.199. The molecule has 3 rings (SSSR count). The molecule has 0 radical (unpaired) electrons. The molecule has 5 nitrogen and oxygen atoms in total. The smallest absolute Gasteiger partial charge is 0.407 e. The average molecular weight is 395 g/mol. The number of benzene rings is 1. The van der Waals surface area contributed by atoms with Crippen LogP contribution in [0.1, 0.15) is 46.5 Å². The third kappa shape index (κ3) is 6.28. The molecule has 0 aromatic heterocycles. The fourth-order valence-electron chi connectivity index (χ4n) is 3.86. The highest BCUT2D eigenvalue weighted by Crippen LogP contribution is 2.28. The highest BCUT2D eigenvalue weighted by Gasteiger charge is 2.34. The molecule has 1 aromatic carbocycles. The Morgan fingerprint density at radius 3 is 2.52 bits per heavy atom. The van der Waals surface area contributed by atoms with Crippen LogP contribution in [0.25, 0.3) is 0 Å². The van der Waals surface area contributed by atoms with Gasteiger partial charge < -0.3 is 14.8 Å². The Labute approximate surface area is 167 Å². The molecule has 1 aliphatic heterocycles. The predicted octanol–water partition coefficient (Wildman–Crippen LogP) is 4.49. The van der Waals surface area contributed by atoms with E-state index in [0.29, 0.717) is 5.92 Å². The zero-order chi connectivity index (χ0) is 19.4. The topological polar surface area (TPSA) is 50.8 Å². The minimum atomic E-state index is -0.460. The van der Waals surface area contributed by atoms with Gasteiger partial charge in [0.15, 0.2) is 0 Å². The lowest BCUT2D eigenvalue weighted by atomic mass is 9.83. The summed E-state index contributed by atoms with van der Waals surface area (Å²) in [5.74, 6) is 1.34. The summed E-state index contributed by atoms with van der Waals surface area (Å²) in [6.07, 6.45) is 4.51. The molecule has 1 aromatic rings. The maximum atomic E-state index is 12.1. The summed E-state index contributed by atoms with van der Waals surface area (Å²) < 4.78 is 11.4. The van der Waals surface area contributed by atoms with E-state index >= 15 is 0 Å². The summed E-state index contributed by atoms with van der Waals surface area (Å²) in [6, 6.07) is 7.72. The number of halogens is 1. The Kier molecular flexibility index (Phi) is 6.53. The minimum Gasteiger partial charge on any atom is -0.488 e. The van der Waals surface area contributed by atoms with Gasteiger partial charge in [0.05, 0.1) is 0 Å². The number of carbonyl (C=O) groups excluding carboxylic acids is 1. The standard InChI is InChI=1S/C21H31ClN2O3/c1-21(2,3)27-20(25)23-19-7-5-4-6-15(19)12-24-13-18(14-24)26-17-10-8-16(22)9-11-17/h8-11,15,18-19H,4-7,12-14H2,1-3H3,(H,23,25)/t15-,19-/m1/s1. The van der Waals surface area contributed by atoms with E-state index in [1.54, 1.807) is 0 Å².